The van der Waals surface area contributed by atoms with E-state index in [1.807, 2.05) is 11.5 Å². The average Bonchev–Trinajstić information content (AvgIpc) is 2.88. The third kappa shape index (κ3) is 4.35. The van der Waals surface area contributed by atoms with Crippen molar-refractivity contribution in [1.29, 1.82) is 0 Å². The molecule has 0 saturated heterocycles. The smallest absolute Gasteiger partial charge is 0.191 e. The van der Waals surface area contributed by atoms with Crippen molar-refractivity contribution in [2.24, 2.45) is 0 Å². The van der Waals surface area contributed by atoms with Crippen LogP contribution in [0.25, 0.3) is 0 Å². The molecule has 0 aliphatic heterocycles. The van der Waals surface area contributed by atoms with Gasteiger partial charge in [0.15, 0.2) is 15.0 Å². The molecule has 0 bridgehead atoms. The summed E-state index contributed by atoms with van der Waals surface area (Å²) in [7, 11) is -1.85. The Morgan fingerprint density at radius 2 is 2.17 bits per heavy atom. The molecule has 8 heteroatoms. The number of methoxy groups -OCH3 is 1. The van der Waals surface area contributed by atoms with Gasteiger partial charge in [0.1, 0.15) is 11.6 Å². The second-order valence-electron chi connectivity index (χ2n) is 4.78. The number of allylic oxidation sites excluding steroid dienone is 1. The summed E-state index contributed by atoms with van der Waals surface area (Å²) < 4.78 is 31.7. The molecule has 0 radical (unpaired) electrons. The van der Waals surface area contributed by atoms with Gasteiger partial charge in [-0.05, 0) is 25.1 Å². The molecular formula is C15H19N3O3S2. The van der Waals surface area contributed by atoms with Crippen LogP contribution in [-0.4, -0.2) is 41.8 Å². The molecule has 0 unspecified atom stereocenters. The van der Waals surface area contributed by atoms with E-state index in [1.54, 1.807) is 24.3 Å². The topological polar surface area (TPSA) is 74.1 Å². The van der Waals surface area contributed by atoms with E-state index in [0.29, 0.717) is 23.2 Å². The quantitative estimate of drug-likeness (QED) is 0.536. The number of hydrogen-bond acceptors (Lipinski definition) is 6. The molecule has 1 heterocycles. The van der Waals surface area contributed by atoms with Crippen LogP contribution in [0.5, 0.6) is 5.75 Å². The molecule has 2 rings (SSSR count). The standard InChI is InChI=1S/C15H19N3O3S2/c1-4-8-18-12(2)16-17-15(18)22-9-10-23(19,20)14-7-5-6-13(11-14)21-3/h4-7,11H,1,8-10H2,2-3H3. The third-order valence-electron chi connectivity index (χ3n) is 3.20. The second-order valence-corrected chi connectivity index (χ2v) is 7.95. The first-order valence-corrected chi connectivity index (χ1v) is 9.62. The minimum atomic E-state index is -3.36. The van der Waals surface area contributed by atoms with Crippen LogP contribution in [0.4, 0.5) is 0 Å². The Kier molecular flexibility index (Phi) is 5.84. The molecule has 0 saturated carbocycles. The zero-order valence-corrected chi connectivity index (χ0v) is 14.7. The van der Waals surface area contributed by atoms with Gasteiger partial charge in [0, 0.05) is 12.3 Å². The molecule has 2 aromatic rings. The summed E-state index contributed by atoms with van der Waals surface area (Å²) in [6, 6.07) is 6.49. The number of aromatic nitrogens is 3. The van der Waals surface area contributed by atoms with E-state index >= 15 is 0 Å². The fourth-order valence-electron chi connectivity index (χ4n) is 1.96. The largest absolute Gasteiger partial charge is 0.497 e. The predicted octanol–water partition coefficient (Wildman–Crippen LogP) is 2.35. The lowest BCUT2D eigenvalue weighted by molar-refractivity contribution is 0.413. The van der Waals surface area contributed by atoms with E-state index in [-0.39, 0.29) is 10.6 Å². The summed E-state index contributed by atoms with van der Waals surface area (Å²) in [6.45, 7) is 6.16. The van der Waals surface area contributed by atoms with Crippen LogP contribution < -0.4 is 4.74 Å². The molecule has 0 aliphatic carbocycles. The Bertz CT molecular complexity index is 785. The molecule has 1 aromatic carbocycles. The summed E-state index contributed by atoms with van der Waals surface area (Å²) in [5.41, 5.74) is 0. The molecule has 23 heavy (non-hydrogen) atoms. The molecule has 0 fully saturated rings. The fraction of sp³-hybridized carbons (Fsp3) is 0.333. The van der Waals surface area contributed by atoms with E-state index in [1.165, 1.54) is 24.9 Å². The van der Waals surface area contributed by atoms with E-state index < -0.39 is 9.84 Å². The Morgan fingerprint density at radius 1 is 1.39 bits per heavy atom. The lowest BCUT2D eigenvalue weighted by Gasteiger charge is -2.07. The predicted molar refractivity (Wildman–Crippen MR) is 90.7 cm³/mol. The lowest BCUT2D eigenvalue weighted by atomic mass is 10.3. The molecule has 0 amide bonds. The van der Waals surface area contributed by atoms with E-state index in [2.05, 4.69) is 16.8 Å². The molecule has 1 aromatic heterocycles. The van der Waals surface area contributed by atoms with Gasteiger partial charge >= 0.3 is 0 Å². The summed E-state index contributed by atoms with van der Waals surface area (Å²) in [5.74, 6) is 1.72. The monoisotopic (exact) mass is 353 g/mol. The van der Waals surface area contributed by atoms with E-state index in [9.17, 15) is 8.42 Å². The van der Waals surface area contributed by atoms with Crippen molar-refractivity contribution >= 4 is 21.6 Å². The minimum absolute atomic E-state index is 0.0187. The van der Waals surface area contributed by atoms with Gasteiger partial charge in [-0.1, -0.05) is 23.9 Å². The van der Waals surface area contributed by atoms with E-state index in [0.717, 1.165) is 5.82 Å². The Hall–Kier alpha value is -1.80. The average molecular weight is 353 g/mol. The molecule has 0 N–H and O–H groups in total. The molecule has 0 atom stereocenters. The van der Waals surface area contributed by atoms with Crippen molar-refractivity contribution < 1.29 is 13.2 Å². The number of sulfone groups is 1. The number of nitrogens with zero attached hydrogens (tertiary/aromatic N) is 3. The minimum Gasteiger partial charge on any atom is -0.497 e. The van der Waals surface area contributed by atoms with Crippen LogP contribution in [0.2, 0.25) is 0 Å². The fourth-order valence-corrected chi connectivity index (χ4v) is 4.63. The highest BCUT2D eigenvalue weighted by Gasteiger charge is 2.16. The number of hydrogen-bond donors (Lipinski definition) is 0. The van der Waals surface area contributed by atoms with Crippen LogP contribution in [0.3, 0.4) is 0 Å². The summed E-state index contributed by atoms with van der Waals surface area (Å²) in [4.78, 5) is 0.265. The first-order chi connectivity index (χ1) is 11.0. The lowest BCUT2D eigenvalue weighted by Crippen LogP contribution is -2.10. The second kappa shape index (κ2) is 7.65. The number of ether oxygens (including phenoxy) is 1. The highest BCUT2D eigenvalue weighted by atomic mass is 32.2. The van der Waals surface area contributed by atoms with Crippen LogP contribution in [-0.2, 0) is 16.4 Å². The van der Waals surface area contributed by atoms with Crippen molar-refractivity contribution in [2.45, 2.75) is 23.5 Å². The van der Waals surface area contributed by atoms with E-state index in [4.69, 9.17) is 4.74 Å². The van der Waals surface area contributed by atoms with Gasteiger partial charge in [-0.25, -0.2) is 8.42 Å². The number of rotatable bonds is 8. The Labute approximate surface area is 140 Å². The van der Waals surface area contributed by atoms with Gasteiger partial charge in [0.25, 0.3) is 0 Å². The van der Waals surface area contributed by atoms with Crippen LogP contribution >= 0.6 is 11.8 Å². The maximum absolute atomic E-state index is 12.4. The summed E-state index contributed by atoms with van der Waals surface area (Å²) >= 11 is 1.37. The normalized spacial score (nSPS) is 11.4. The maximum atomic E-state index is 12.4. The molecule has 0 spiro atoms. The van der Waals surface area contributed by atoms with Gasteiger partial charge in [0.2, 0.25) is 0 Å². The Balaban J connectivity index is 2.04. The Morgan fingerprint density at radius 3 is 2.87 bits per heavy atom. The first-order valence-electron chi connectivity index (χ1n) is 6.98. The third-order valence-corrected chi connectivity index (χ3v) is 6.14. The van der Waals surface area contributed by atoms with Crippen LogP contribution in [0, 0.1) is 6.92 Å². The van der Waals surface area contributed by atoms with Gasteiger partial charge in [-0.3, -0.25) is 0 Å². The van der Waals surface area contributed by atoms with Crippen molar-refractivity contribution in [3.05, 3.63) is 42.7 Å². The molecular weight excluding hydrogens is 334 g/mol. The van der Waals surface area contributed by atoms with Crippen molar-refractivity contribution in [1.82, 2.24) is 14.8 Å². The number of benzene rings is 1. The summed E-state index contributed by atoms with van der Waals surface area (Å²) in [6.07, 6.45) is 1.76. The van der Waals surface area contributed by atoms with Gasteiger partial charge in [0.05, 0.1) is 17.8 Å². The number of thioether (sulfide) groups is 1. The summed E-state index contributed by atoms with van der Waals surface area (Å²) in [5, 5.41) is 8.77. The molecule has 6 nitrogen and oxygen atoms in total. The van der Waals surface area contributed by atoms with Crippen LogP contribution in [0.1, 0.15) is 5.82 Å². The highest BCUT2D eigenvalue weighted by Crippen LogP contribution is 2.21. The van der Waals surface area contributed by atoms with Gasteiger partial charge < -0.3 is 9.30 Å². The van der Waals surface area contributed by atoms with Gasteiger partial charge in [-0.2, -0.15) is 0 Å². The van der Waals surface area contributed by atoms with Crippen molar-refractivity contribution in [3.63, 3.8) is 0 Å². The van der Waals surface area contributed by atoms with Crippen LogP contribution in [0.15, 0.2) is 47.0 Å². The SMILES string of the molecule is C=CCn1c(C)nnc1SCCS(=O)(=O)c1cccc(OC)c1. The first kappa shape index (κ1) is 17.6. The molecule has 124 valence electrons. The number of aryl methyl sites for hydroxylation is 1. The zero-order chi connectivity index (χ0) is 16.9. The highest BCUT2D eigenvalue weighted by molar-refractivity contribution is 8.00. The maximum Gasteiger partial charge on any atom is 0.191 e. The van der Waals surface area contributed by atoms with Crippen molar-refractivity contribution in [2.75, 3.05) is 18.6 Å². The van der Waals surface area contributed by atoms with Crippen molar-refractivity contribution in [3.8, 4) is 5.75 Å². The molecule has 0 aliphatic rings. The zero-order valence-electron chi connectivity index (χ0n) is 13.1. The van der Waals surface area contributed by atoms with Gasteiger partial charge in [-0.15, -0.1) is 16.8 Å².